The maximum atomic E-state index is 12.7. The van der Waals surface area contributed by atoms with Crippen LogP contribution in [-0.2, 0) is 16.1 Å². The van der Waals surface area contributed by atoms with E-state index in [1.165, 1.54) is 5.56 Å². The Labute approximate surface area is 176 Å². The van der Waals surface area contributed by atoms with E-state index < -0.39 is 0 Å². The number of rotatable bonds is 6. The zero-order chi connectivity index (χ0) is 20.9. The molecular formula is C25H24N2O3. The van der Waals surface area contributed by atoms with Gasteiger partial charge in [0.2, 0.25) is 11.8 Å². The van der Waals surface area contributed by atoms with Crippen molar-refractivity contribution in [2.45, 2.75) is 19.9 Å². The predicted molar refractivity (Wildman–Crippen MR) is 116 cm³/mol. The highest BCUT2D eigenvalue weighted by molar-refractivity contribution is 5.97. The fourth-order valence-electron chi connectivity index (χ4n) is 3.49. The molecule has 5 nitrogen and oxygen atoms in total. The van der Waals surface area contributed by atoms with Crippen molar-refractivity contribution in [1.29, 1.82) is 0 Å². The van der Waals surface area contributed by atoms with Crippen LogP contribution in [0.2, 0.25) is 0 Å². The van der Waals surface area contributed by atoms with Gasteiger partial charge >= 0.3 is 0 Å². The van der Waals surface area contributed by atoms with Crippen LogP contribution in [-0.4, -0.2) is 23.3 Å². The Bertz CT molecular complexity index is 1010. The molecule has 0 aliphatic carbocycles. The van der Waals surface area contributed by atoms with Gasteiger partial charge in [-0.05, 0) is 48.9 Å². The topological polar surface area (TPSA) is 58.6 Å². The molecule has 152 valence electrons. The van der Waals surface area contributed by atoms with Crippen molar-refractivity contribution in [3.8, 4) is 11.5 Å². The van der Waals surface area contributed by atoms with Crippen LogP contribution < -0.4 is 10.1 Å². The minimum atomic E-state index is -0.344. The van der Waals surface area contributed by atoms with Gasteiger partial charge in [0.25, 0.3) is 0 Å². The minimum absolute atomic E-state index is 0.0161. The number of nitrogens with zero attached hydrogens (tertiary/aromatic N) is 1. The Kier molecular flexibility index (Phi) is 5.80. The van der Waals surface area contributed by atoms with E-state index in [9.17, 15) is 9.59 Å². The molecule has 3 aromatic carbocycles. The number of para-hydroxylation sites is 1. The van der Waals surface area contributed by atoms with E-state index >= 15 is 0 Å². The molecule has 1 saturated heterocycles. The summed E-state index contributed by atoms with van der Waals surface area (Å²) in [6.45, 7) is 3.01. The first-order valence-electron chi connectivity index (χ1n) is 10.0. The number of nitrogens with one attached hydrogen (secondary N) is 1. The summed E-state index contributed by atoms with van der Waals surface area (Å²) in [6, 6.07) is 24.9. The second-order valence-electron chi connectivity index (χ2n) is 7.59. The van der Waals surface area contributed by atoms with Gasteiger partial charge in [0.15, 0.2) is 0 Å². The molecule has 2 amide bonds. The summed E-state index contributed by atoms with van der Waals surface area (Å²) in [5, 5.41) is 2.91. The van der Waals surface area contributed by atoms with Gasteiger partial charge in [0.1, 0.15) is 11.5 Å². The van der Waals surface area contributed by atoms with Gasteiger partial charge in [0.05, 0.1) is 5.92 Å². The second-order valence-corrected chi connectivity index (χ2v) is 7.59. The number of ether oxygens (including phenoxy) is 1. The summed E-state index contributed by atoms with van der Waals surface area (Å²) in [7, 11) is 0. The Morgan fingerprint density at radius 1 is 0.967 bits per heavy atom. The molecule has 1 heterocycles. The average molecular weight is 400 g/mol. The van der Waals surface area contributed by atoms with Crippen LogP contribution in [0.15, 0.2) is 78.9 Å². The molecule has 3 aromatic rings. The molecule has 0 unspecified atom stereocenters. The van der Waals surface area contributed by atoms with Crippen molar-refractivity contribution < 1.29 is 14.3 Å². The quantitative estimate of drug-likeness (QED) is 0.648. The number of hydrogen-bond acceptors (Lipinski definition) is 3. The molecule has 1 aliphatic rings. The van der Waals surface area contributed by atoms with Gasteiger partial charge in [-0.15, -0.1) is 0 Å². The molecule has 0 saturated carbocycles. The van der Waals surface area contributed by atoms with Gasteiger partial charge in [-0.1, -0.05) is 48.0 Å². The first-order valence-corrected chi connectivity index (χ1v) is 10.0. The zero-order valence-electron chi connectivity index (χ0n) is 16.9. The molecule has 0 bridgehead atoms. The number of amides is 2. The third kappa shape index (κ3) is 4.87. The van der Waals surface area contributed by atoms with Crippen molar-refractivity contribution in [2.75, 3.05) is 11.9 Å². The summed E-state index contributed by atoms with van der Waals surface area (Å²) in [5.41, 5.74) is 2.94. The van der Waals surface area contributed by atoms with Gasteiger partial charge in [-0.25, -0.2) is 0 Å². The summed E-state index contributed by atoms with van der Waals surface area (Å²) in [6.07, 6.45) is 0.243. The lowest BCUT2D eigenvalue weighted by molar-refractivity contribution is -0.128. The zero-order valence-corrected chi connectivity index (χ0v) is 16.9. The average Bonchev–Trinajstić information content (AvgIpc) is 3.12. The largest absolute Gasteiger partial charge is 0.457 e. The minimum Gasteiger partial charge on any atom is -0.457 e. The molecule has 5 heteroatoms. The Balaban J connectivity index is 1.32. The molecular weight excluding hydrogens is 376 g/mol. The van der Waals surface area contributed by atoms with E-state index in [0.29, 0.717) is 24.5 Å². The Morgan fingerprint density at radius 3 is 2.33 bits per heavy atom. The summed E-state index contributed by atoms with van der Waals surface area (Å²) < 4.78 is 5.77. The number of carbonyl (C=O) groups excluding carboxylic acids is 2. The molecule has 0 spiro atoms. The van der Waals surface area contributed by atoms with E-state index in [0.717, 1.165) is 11.3 Å². The Hall–Kier alpha value is -3.60. The first-order chi connectivity index (χ1) is 14.6. The predicted octanol–water partition coefficient (Wildman–Crippen LogP) is 4.77. The number of likely N-dealkylation sites (tertiary alicyclic amines) is 1. The molecule has 1 N–H and O–H groups in total. The normalized spacial score (nSPS) is 15.8. The number of hydrogen-bond donors (Lipinski definition) is 1. The van der Waals surface area contributed by atoms with E-state index in [4.69, 9.17) is 4.74 Å². The first kappa shape index (κ1) is 19.7. The highest BCUT2D eigenvalue weighted by atomic mass is 16.5. The van der Waals surface area contributed by atoms with E-state index in [1.807, 2.05) is 73.7 Å². The van der Waals surface area contributed by atoms with Gasteiger partial charge in [-0.3, -0.25) is 9.59 Å². The maximum absolute atomic E-state index is 12.7. The molecule has 0 radical (unpaired) electrons. The molecule has 4 rings (SSSR count). The van der Waals surface area contributed by atoms with Crippen molar-refractivity contribution in [1.82, 2.24) is 4.90 Å². The molecule has 0 aromatic heterocycles. The standard InChI is InChI=1S/C25H24N2O3/c1-18-7-9-19(10-8-18)16-27-17-20(15-24(27)28)25(29)26-21-11-13-23(14-12-21)30-22-5-3-2-4-6-22/h2-14,20H,15-17H2,1H3,(H,26,29)/t20-/m1/s1. The van der Waals surface area contributed by atoms with Crippen molar-refractivity contribution >= 4 is 17.5 Å². The van der Waals surface area contributed by atoms with Crippen LogP contribution in [0.1, 0.15) is 17.5 Å². The third-order valence-electron chi connectivity index (χ3n) is 5.18. The number of aryl methyl sites for hydroxylation is 1. The highest BCUT2D eigenvalue weighted by Gasteiger charge is 2.34. The summed E-state index contributed by atoms with van der Waals surface area (Å²) in [5.74, 6) is 0.990. The third-order valence-corrected chi connectivity index (χ3v) is 5.18. The monoisotopic (exact) mass is 400 g/mol. The van der Waals surface area contributed by atoms with Crippen LogP contribution in [0.4, 0.5) is 5.69 Å². The number of anilines is 1. The van der Waals surface area contributed by atoms with Crippen LogP contribution in [0.3, 0.4) is 0 Å². The molecule has 1 atom stereocenters. The maximum Gasteiger partial charge on any atom is 0.229 e. The SMILES string of the molecule is Cc1ccc(CN2C[C@H](C(=O)Nc3ccc(Oc4ccccc4)cc3)CC2=O)cc1. The molecule has 30 heavy (non-hydrogen) atoms. The molecule has 1 aliphatic heterocycles. The number of benzene rings is 3. The lowest BCUT2D eigenvalue weighted by Crippen LogP contribution is -2.28. The van der Waals surface area contributed by atoms with Crippen molar-refractivity contribution in [3.63, 3.8) is 0 Å². The van der Waals surface area contributed by atoms with Gasteiger partial charge in [-0.2, -0.15) is 0 Å². The van der Waals surface area contributed by atoms with Crippen molar-refractivity contribution in [3.05, 3.63) is 90.0 Å². The lowest BCUT2D eigenvalue weighted by Gasteiger charge is -2.17. The fraction of sp³-hybridized carbons (Fsp3) is 0.200. The van der Waals surface area contributed by atoms with Gasteiger partial charge < -0.3 is 15.0 Å². The van der Waals surface area contributed by atoms with E-state index in [2.05, 4.69) is 5.32 Å². The number of carbonyl (C=O) groups is 2. The van der Waals surface area contributed by atoms with Crippen molar-refractivity contribution in [2.24, 2.45) is 5.92 Å². The van der Waals surface area contributed by atoms with Crippen LogP contribution in [0, 0.1) is 12.8 Å². The van der Waals surface area contributed by atoms with E-state index in [-0.39, 0.29) is 24.2 Å². The smallest absolute Gasteiger partial charge is 0.229 e. The van der Waals surface area contributed by atoms with Crippen LogP contribution in [0.5, 0.6) is 11.5 Å². The van der Waals surface area contributed by atoms with Gasteiger partial charge in [0, 0.05) is 25.2 Å². The lowest BCUT2D eigenvalue weighted by atomic mass is 10.1. The summed E-state index contributed by atoms with van der Waals surface area (Å²) >= 11 is 0. The van der Waals surface area contributed by atoms with E-state index in [1.54, 1.807) is 17.0 Å². The van der Waals surface area contributed by atoms with Crippen LogP contribution >= 0.6 is 0 Å². The Morgan fingerprint density at radius 2 is 1.63 bits per heavy atom. The summed E-state index contributed by atoms with van der Waals surface area (Å²) in [4.78, 5) is 26.8. The fourth-order valence-corrected chi connectivity index (χ4v) is 3.49. The van der Waals surface area contributed by atoms with Crippen LogP contribution in [0.25, 0.3) is 0 Å². The molecule has 1 fully saturated rings. The highest BCUT2D eigenvalue weighted by Crippen LogP contribution is 2.25. The second kappa shape index (κ2) is 8.82.